The Hall–Kier alpha value is -0.610. The molecule has 0 aromatic carbocycles. The minimum absolute atomic E-state index is 0.142. The third-order valence-corrected chi connectivity index (χ3v) is 4.09. The predicted molar refractivity (Wildman–Crippen MR) is 75.8 cm³/mol. The third kappa shape index (κ3) is 3.23. The lowest BCUT2D eigenvalue weighted by molar-refractivity contribution is 0.0935. The molecule has 1 atom stereocenters. The Morgan fingerprint density at radius 1 is 1.61 bits per heavy atom. The van der Waals surface area contributed by atoms with Gasteiger partial charge in [0.1, 0.15) is 5.15 Å². The lowest BCUT2D eigenvalue weighted by atomic mass is 9.92. The molecule has 0 saturated heterocycles. The van der Waals surface area contributed by atoms with Gasteiger partial charge in [0.25, 0.3) is 5.91 Å². The van der Waals surface area contributed by atoms with Crippen LogP contribution in [0.2, 0.25) is 5.15 Å². The van der Waals surface area contributed by atoms with Crippen LogP contribution in [0.4, 0.5) is 0 Å². The summed E-state index contributed by atoms with van der Waals surface area (Å²) in [5.74, 6) is -0.142. The Bertz CT molecular complexity index is 476. The second-order valence-corrected chi connectivity index (χ2v) is 6.84. The van der Waals surface area contributed by atoms with Gasteiger partial charge in [-0.3, -0.25) is 4.79 Å². The maximum absolute atomic E-state index is 12.1. The summed E-state index contributed by atoms with van der Waals surface area (Å²) >= 11 is 9.23. The van der Waals surface area contributed by atoms with Crippen molar-refractivity contribution in [2.75, 3.05) is 0 Å². The van der Waals surface area contributed by atoms with Crippen LogP contribution in [0, 0.1) is 5.41 Å². The molecule has 1 aromatic heterocycles. The van der Waals surface area contributed by atoms with E-state index >= 15 is 0 Å². The minimum Gasteiger partial charge on any atom is -0.349 e. The quantitative estimate of drug-likeness (QED) is 0.837. The summed E-state index contributed by atoms with van der Waals surface area (Å²) in [6, 6.07) is 1.94. The Kier molecular flexibility index (Phi) is 3.97. The van der Waals surface area contributed by atoms with E-state index in [1.54, 1.807) is 12.3 Å². The molecule has 3 nitrogen and oxygen atoms in total. The molecule has 0 bridgehead atoms. The van der Waals surface area contributed by atoms with E-state index in [2.05, 4.69) is 40.1 Å². The number of carbonyl (C=O) groups is 1. The number of carbonyl (C=O) groups excluding carboxylic acids is 1. The van der Waals surface area contributed by atoms with E-state index in [9.17, 15) is 4.79 Å². The highest BCUT2D eigenvalue weighted by Gasteiger charge is 2.32. The van der Waals surface area contributed by atoms with Crippen molar-refractivity contribution in [2.24, 2.45) is 5.41 Å². The minimum atomic E-state index is -0.142. The van der Waals surface area contributed by atoms with E-state index in [1.807, 2.05) is 0 Å². The van der Waals surface area contributed by atoms with Gasteiger partial charge < -0.3 is 5.32 Å². The molecule has 1 unspecified atom stereocenters. The van der Waals surface area contributed by atoms with E-state index in [0.717, 1.165) is 23.7 Å². The molecule has 1 N–H and O–H groups in total. The van der Waals surface area contributed by atoms with Gasteiger partial charge in [-0.2, -0.15) is 0 Å². The van der Waals surface area contributed by atoms with Crippen molar-refractivity contribution in [2.45, 2.75) is 39.2 Å². The molecule has 5 heteroatoms. The molecule has 0 spiro atoms. The average Bonchev–Trinajstić information content (AvgIpc) is 2.61. The number of hydrogen-bond acceptors (Lipinski definition) is 2. The molecule has 1 fully saturated rings. The molecular formula is C13H16BrClN2O. The van der Waals surface area contributed by atoms with Crippen LogP contribution < -0.4 is 5.32 Å². The zero-order valence-electron chi connectivity index (χ0n) is 10.5. The van der Waals surface area contributed by atoms with Crippen LogP contribution in [0.25, 0.3) is 0 Å². The van der Waals surface area contributed by atoms with Gasteiger partial charge in [0.2, 0.25) is 0 Å². The first-order valence-corrected chi connectivity index (χ1v) is 7.16. The SMILES string of the molecule is CC1(C)CCC(NC(=O)c2cc(Br)cnc2Cl)C1. The number of nitrogens with one attached hydrogen (secondary N) is 1. The zero-order chi connectivity index (χ0) is 13.3. The third-order valence-electron chi connectivity index (χ3n) is 3.35. The fourth-order valence-corrected chi connectivity index (χ4v) is 2.92. The van der Waals surface area contributed by atoms with Crippen LogP contribution in [-0.2, 0) is 0 Å². The summed E-state index contributed by atoms with van der Waals surface area (Å²) in [6.45, 7) is 4.46. The fraction of sp³-hybridized carbons (Fsp3) is 0.538. The zero-order valence-corrected chi connectivity index (χ0v) is 12.8. The van der Waals surface area contributed by atoms with Crippen LogP contribution in [-0.4, -0.2) is 16.9 Å². The topological polar surface area (TPSA) is 42.0 Å². The standard InChI is InChI=1S/C13H16BrClN2O/c1-13(2)4-3-9(6-13)17-12(18)10-5-8(14)7-16-11(10)15/h5,7,9H,3-4,6H2,1-2H3,(H,17,18). The number of pyridine rings is 1. The largest absolute Gasteiger partial charge is 0.349 e. The Morgan fingerprint density at radius 3 is 2.94 bits per heavy atom. The van der Waals surface area contributed by atoms with E-state index in [4.69, 9.17) is 11.6 Å². The van der Waals surface area contributed by atoms with E-state index in [0.29, 0.717) is 11.0 Å². The number of aromatic nitrogens is 1. The highest BCUT2D eigenvalue weighted by atomic mass is 79.9. The van der Waals surface area contributed by atoms with Crippen molar-refractivity contribution in [1.29, 1.82) is 0 Å². The summed E-state index contributed by atoms with van der Waals surface area (Å²) in [4.78, 5) is 16.1. The van der Waals surface area contributed by atoms with Crippen LogP contribution in [0.1, 0.15) is 43.5 Å². The van der Waals surface area contributed by atoms with Crippen molar-refractivity contribution < 1.29 is 4.79 Å². The molecule has 1 aromatic rings. The highest BCUT2D eigenvalue weighted by Crippen LogP contribution is 2.37. The van der Waals surface area contributed by atoms with Crippen molar-refractivity contribution in [3.8, 4) is 0 Å². The first kappa shape index (κ1) is 13.8. The first-order valence-electron chi connectivity index (χ1n) is 5.99. The van der Waals surface area contributed by atoms with Crippen LogP contribution in [0.5, 0.6) is 0 Å². The van der Waals surface area contributed by atoms with Crippen molar-refractivity contribution in [1.82, 2.24) is 10.3 Å². The number of amides is 1. The fourth-order valence-electron chi connectivity index (χ4n) is 2.40. The van der Waals surface area contributed by atoms with E-state index in [1.165, 1.54) is 0 Å². The molecule has 1 aliphatic rings. The van der Waals surface area contributed by atoms with Crippen LogP contribution in [0.3, 0.4) is 0 Å². The number of halogens is 2. The molecule has 0 aliphatic heterocycles. The van der Waals surface area contributed by atoms with Gasteiger partial charge >= 0.3 is 0 Å². The highest BCUT2D eigenvalue weighted by molar-refractivity contribution is 9.10. The summed E-state index contributed by atoms with van der Waals surface area (Å²) in [5.41, 5.74) is 0.743. The summed E-state index contributed by atoms with van der Waals surface area (Å²) in [5, 5.41) is 3.28. The van der Waals surface area contributed by atoms with Crippen molar-refractivity contribution in [3.63, 3.8) is 0 Å². The van der Waals surface area contributed by atoms with Crippen molar-refractivity contribution >= 4 is 33.4 Å². The molecule has 1 saturated carbocycles. The monoisotopic (exact) mass is 330 g/mol. The molecule has 98 valence electrons. The lowest BCUT2D eigenvalue weighted by Crippen LogP contribution is -2.33. The number of hydrogen-bond donors (Lipinski definition) is 1. The summed E-state index contributed by atoms with van der Waals surface area (Å²) < 4.78 is 0.754. The van der Waals surface area contributed by atoms with Gasteiger partial charge in [-0.1, -0.05) is 25.4 Å². The summed E-state index contributed by atoms with van der Waals surface area (Å²) in [6.07, 6.45) is 4.76. The Labute approximate surface area is 120 Å². The second kappa shape index (κ2) is 5.17. The van der Waals surface area contributed by atoms with Crippen LogP contribution in [0.15, 0.2) is 16.7 Å². The molecule has 0 radical (unpaired) electrons. The molecule has 1 heterocycles. The average molecular weight is 332 g/mol. The molecule has 1 amide bonds. The molecular weight excluding hydrogens is 316 g/mol. The molecule has 1 aliphatic carbocycles. The normalized spacial score (nSPS) is 21.9. The van der Waals surface area contributed by atoms with Crippen LogP contribution >= 0.6 is 27.5 Å². The van der Waals surface area contributed by atoms with E-state index < -0.39 is 0 Å². The molecule has 18 heavy (non-hydrogen) atoms. The summed E-state index contributed by atoms with van der Waals surface area (Å²) in [7, 11) is 0. The van der Waals surface area contributed by atoms with E-state index in [-0.39, 0.29) is 17.1 Å². The van der Waals surface area contributed by atoms with Gasteiger partial charge in [0.05, 0.1) is 5.56 Å². The Morgan fingerprint density at radius 2 is 2.33 bits per heavy atom. The first-order chi connectivity index (χ1) is 8.37. The van der Waals surface area contributed by atoms with Gasteiger partial charge in [0.15, 0.2) is 0 Å². The number of rotatable bonds is 2. The number of nitrogens with zero attached hydrogens (tertiary/aromatic N) is 1. The second-order valence-electron chi connectivity index (χ2n) is 5.57. The lowest BCUT2D eigenvalue weighted by Gasteiger charge is -2.18. The Balaban J connectivity index is 2.06. The van der Waals surface area contributed by atoms with Crippen molar-refractivity contribution in [3.05, 3.63) is 27.5 Å². The van der Waals surface area contributed by atoms with Gasteiger partial charge in [-0.25, -0.2) is 4.98 Å². The predicted octanol–water partition coefficient (Wildman–Crippen LogP) is 3.81. The van der Waals surface area contributed by atoms with Gasteiger partial charge in [-0.05, 0) is 46.7 Å². The smallest absolute Gasteiger partial charge is 0.254 e. The maximum atomic E-state index is 12.1. The van der Waals surface area contributed by atoms with Gasteiger partial charge in [0, 0.05) is 16.7 Å². The molecule has 2 rings (SSSR count). The maximum Gasteiger partial charge on any atom is 0.254 e. The van der Waals surface area contributed by atoms with Gasteiger partial charge in [-0.15, -0.1) is 0 Å².